The maximum Gasteiger partial charge on any atom is 0.253 e. The number of aromatic nitrogens is 4. The van der Waals surface area contributed by atoms with Crippen LogP contribution in [0.1, 0.15) is 34.8 Å². The highest BCUT2D eigenvalue weighted by Gasteiger charge is 2.29. The highest BCUT2D eigenvalue weighted by Crippen LogP contribution is 2.30. The molecule has 0 spiro atoms. The van der Waals surface area contributed by atoms with Crippen LogP contribution in [0.4, 0.5) is 4.39 Å². The van der Waals surface area contributed by atoms with E-state index < -0.39 is 5.82 Å². The van der Waals surface area contributed by atoms with Gasteiger partial charge in [0, 0.05) is 37.0 Å². The van der Waals surface area contributed by atoms with E-state index in [1.54, 1.807) is 29.4 Å². The van der Waals surface area contributed by atoms with E-state index in [9.17, 15) is 9.18 Å². The Morgan fingerprint density at radius 2 is 1.94 bits per heavy atom. The Kier molecular flexibility index (Phi) is 5.97. The molecule has 1 aliphatic heterocycles. The van der Waals surface area contributed by atoms with Crippen LogP contribution in [-0.2, 0) is 6.54 Å². The number of benzene rings is 2. The Hall–Kier alpha value is -3.81. The van der Waals surface area contributed by atoms with E-state index in [4.69, 9.17) is 9.84 Å². The number of hydrogen-bond donors (Lipinski definition) is 0. The average molecular weight is 445 g/mol. The summed E-state index contributed by atoms with van der Waals surface area (Å²) >= 11 is 0. The lowest BCUT2D eigenvalue weighted by molar-refractivity contribution is 0.0705. The van der Waals surface area contributed by atoms with Crippen LogP contribution in [0, 0.1) is 5.82 Å². The van der Waals surface area contributed by atoms with Crippen molar-refractivity contribution in [1.29, 1.82) is 0 Å². The zero-order valence-electron chi connectivity index (χ0n) is 18.1. The fourth-order valence-corrected chi connectivity index (χ4v) is 4.31. The number of amides is 1. The second-order valence-electron chi connectivity index (χ2n) is 8.10. The Morgan fingerprint density at radius 1 is 1.09 bits per heavy atom. The molecule has 8 heteroatoms. The largest absolute Gasteiger partial charge is 0.492 e. The summed E-state index contributed by atoms with van der Waals surface area (Å²) in [6.45, 7) is 2.13. The molecule has 0 saturated carbocycles. The minimum atomic E-state index is -0.410. The van der Waals surface area contributed by atoms with Gasteiger partial charge in [-0.15, -0.1) is 0 Å². The van der Waals surface area contributed by atoms with Gasteiger partial charge in [0.05, 0.1) is 12.2 Å². The van der Waals surface area contributed by atoms with Crippen molar-refractivity contribution >= 4 is 17.1 Å². The normalized spacial score (nSPS) is 16.2. The molecule has 3 heterocycles. The minimum Gasteiger partial charge on any atom is -0.492 e. The summed E-state index contributed by atoms with van der Waals surface area (Å²) in [5.74, 6) is 0.267. The predicted molar refractivity (Wildman–Crippen MR) is 122 cm³/mol. The molecule has 0 unspecified atom stereocenters. The van der Waals surface area contributed by atoms with Gasteiger partial charge in [-0.1, -0.05) is 24.3 Å². The van der Waals surface area contributed by atoms with Gasteiger partial charge >= 0.3 is 0 Å². The van der Waals surface area contributed by atoms with Gasteiger partial charge in [0.15, 0.2) is 5.65 Å². The third-order valence-electron chi connectivity index (χ3n) is 5.88. The SMILES string of the molecule is O=C(c1cccc(F)c1)N1CCC[C@@H](c2nn(CCOc3ccccc3)c3nccnc23)C1. The first-order chi connectivity index (χ1) is 16.2. The number of nitrogens with zero attached hydrogens (tertiary/aromatic N) is 5. The molecular weight excluding hydrogens is 421 g/mol. The van der Waals surface area contributed by atoms with Crippen LogP contribution >= 0.6 is 0 Å². The number of likely N-dealkylation sites (tertiary alicyclic amines) is 1. The van der Waals surface area contributed by atoms with Crippen molar-refractivity contribution < 1.29 is 13.9 Å². The lowest BCUT2D eigenvalue weighted by Gasteiger charge is -2.32. The summed E-state index contributed by atoms with van der Waals surface area (Å²) in [6.07, 6.45) is 5.06. The molecule has 0 radical (unpaired) electrons. The second kappa shape index (κ2) is 9.36. The van der Waals surface area contributed by atoms with E-state index in [1.165, 1.54) is 12.1 Å². The van der Waals surface area contributed by atoms with Gasteiger partial charge in [0.1, 0.15) is 23.7 Å². The molecule has 0 bridgehead atoms. The molecule has 1 amide bonds. The number of fused-ring (bicyclic) bond motifs is 1. The summed E-state index contributed by atoms with van der Waals surface area (Å²) in [5, 5.41) is 4.84. The highest BCUT2D eigenvalue weighted by atomic mass is 19.1. The average Bonchev–Trinajstić information content (AvgIpc) is 3.23. The van der Waals surface area contributed by atoms with Gasteiger partial charge in [-0.05, 0) is 43.2 Å². The second-order valence-corrected chi connectivity index (χ2v) is 8.10. The number of ether oxygens (including phenoxy) is 1. The lowest BCUT2D eigenvalue weighted by atomic mass is 9.94. The predicted octanol–water partition coefficient (Wildman–Crippen LogP) is 4.06. The molecule has 0 N–H and O–H groups in total. The molecule has 5 rings (SSSR count). The molecule has 1 fully saturated rings. The van der Waals surface area contributed by atoms with E-state index in [0.29, 0.717) is 37.5 Å². The van der Waals surface area contributed by atoms with Crippen molar-refractivity contribution in [2.75, 3.05) is 19.7 Å². The van der Waals surface area contributed by atoms with Gasteiger partial charge in [0.25, 0.3) is 5.91 Å². The van der Waals surface area contributed by atoms with E-state index in [2.05, 4.69) is 9.97 Å². The first-order valence-corrected chi connectivity index (χ1v) is 11.1. The molecule has 168 valence electrons. The van der Waals surface area contributed by atoms with Crippen molar-refractivity contribution in [1.82, 2.24) is 24.6 Å². The Balaban J connectivity index is 1.35. The van der Waals surface area contributed by atoms with Crippen LogP contribution in [0.3, 0.4) is 0 Å². The van der Waals surface area contributed by atoms with Gasteiger partial charge in [-0.2, -0.15) is 5.10 Å². The Bertz CT molecular complexity index is 1260. The first kappa shape index (κ1) is 21.1. The standard InChI is InChI=1S/C25H24FN5O2/c26-20-8-4-6-18(16-20)25(32)30-13-5-7-19(17-30)22-23-24(28-12-11-27-23)31(29-22)14-15-33-21-9-2-1-3-10-21/h1-4,6,8-12,16,19H,5,7,13-15,17H2/t19-/m1/s1. The first-order valence-electron chi connectivity index (χ1n) is 11.1. The van der Waals surface area contributed by atoms with Crippen molar-refractivity contribution in [3.05, 3.63) is 84.1 Å². The molecule has 7 nitrogen and oxygen atoms in total. The van der Waals surface area contributed by atoms with Crippen molar-refractivity contribution in [3.8, 4) is 5.75 Å². The molecule has 1 aliphatic rings. The van der Waals surface area contributed by atoms with Crippen molar-refractivity contribution in [2.24, 2.45) is 0 Å². The lowest BCUT2D eigenvalue weighted by Crippen LogP contribution is -2.39. The van der Waals surface area contributed by atoms with Crippen molar-refractivity contribution in [2.45, 2.75) is 25.3 Å². The number of piperidine rings is 1. The summed E-state index contributed by atoms with van der Waals surface area (Å²) < 4.78 is 21.3. The van der Waals surface area contributed by atoms with Gasteiger partial charge in [-0.25, -0.2) is 19.0 Å². The fraction of sp³-hybridized carbons (Fsp3) is 0.280. The maximum absolute atomic E-state index is 13.6. The molecular formula is C25H24FN5O2. The molecule has 2 aromatic heterocycles. The third-order valence-corrected chi connectivity index (χ3v) is 5.88. The van der Waals surface area contributed by atoms with Gasteiger partial charge in [0.2, 0.25) is 0 Å². The molecule has 0 aliphatic carbocycles. The molecule has 2 aromatic carbocycles. The number of carbonyl (C=O) groups is 1. The molecule has 1 atom stereocenters. The molecule has 4 aromatic rings. The number of halogens is 1. The van der Waals surface area contributed by atoms with Crippen molar-refractivity contribution in [3.63, 3.8) is 0 Å². The quantitative estimate of drug-likeness (QED) is 0.447. The van der Waals surface area contributed by atoms with E-state index in [-0.39, 0.29) is 11.8 Å². The van der Waals surface area contributed by atoms with E-state index in [0.717, 1.165) is 29.8 Å². The monoisotopic (exact) mass is 445 g/mol. The van der Waals surface area contributed by atoms with Crippen LogP contribution in [0.2, 0.25) is 0 Å². The summed E-state index contributed by atoms with van der Waals surface area (Å²) in [5.41, 5.74) is 2.67. The molecule has 33 heavy (non-hydrogen) atoms. The Labute approximate surface area is 190 Å². The van der Waals surface area contributed by atoms with Crippen LogP contribution in [0.25, 0.3) is 11.2 Å². The number of hydrogen-bond acceptors (Lipinski definition) is 5. The van der Waals surface area contributed by atoms with Gasteiger partial charge < -0.3 is 9.64 Å². The number of para-hydroxylation sites is 1. The fourth-order valence-electron chi connectivity index (χ4n) is 4.31. The van der Waals surface area contributed by atoms with E-state index in [1.807, 2.05) is 35.0 Å². The third kappa shape index (κ3) is 4.55. The maximum atomic E-state index is 13.6. The van der Waals surface area contributed by atoms with Crippen LogP contribution in [0.5, 0.6) is 5.75 Å². The smallest absolute Gasteiger partial charge is 0.253 e. The minimum absolute atomic E-state index is 0.0340. The van der Waals surface area contributed by atoms with Gasteiger partial charge in [-0.3, -0.25) is 4.79 Å². The van der Waals surface area contributed by atoms with Crippen LogP contribution in [0.15, 0.2) is 67.0 Å². The zero-order valence-corrected chi connectivity index (χ0v) is 18.1. The number of rotatable bonds is 6. The summed E-state index contributed by atoms with van der Waals surface area (Å²) in [4.78, 5) is 23.8. The van der Waals surface area contributed by atoms with E-state index >= 15 is 0 Å². The van der Waals surface area contributed by atoms with Crippen LogP contribution in [-0.4, -0.2) is 50.3 Å². The number of carbonyl (C=O) groups excluding carboxylic acids is 1. The van der Waals surface area contributed by atoms with Crippen LogP contribution < -0.4 is 4.74 Å². The molecule has 1 saturated heterocycles. The highest BCUT2D eigenvalue weighted by molar-refractivity contribution is 5.94. The summed E-state index contributed by atoms with van der Waals surface area (Å²) in [6, 6.07) is 15.5. The summed E-state index contributed by atoms with van der Waals surface area (Å²) in [7, 11) is 0. The zero-order chi connectivity index (χ0) is 22.6. The Morgan fingerprint density at radius 3 is 2.79 bits per heavy atom. The topological polar surface area (TPSA) is 73.1 Å².